The molecule has 0 aliphatic heterocycles. The number of Topliss-reactive ketones (excluding diaryl/α,β-unsaturated/α-hetero) is 1. The molecule has 0 heterocycles. The second kappa shape index (κ2) is 5.22. The van der Waals surface area contributed by atoms with Gasteiger partial charge >= 0.3 is 0 Å². The van der Waals surface area contributed by atoms with Gasteiger partial charge in [0.2, 0.25) is 0 Å². The Morgan fingerprint density at radius 1 is 1.11 bits per heavy atom. The van der Waals surface area contributed by atoms with Gasteiger partial charge in [-0.05, 0) is 56.2 Å². The van der Waals surface area contributed by atoms with Crippen LogP contribution in [0.15, 0.2) is 36.4 Å². The van der Waals surface area contributed by atoms with Gasteiger partial charge in [0.05, 0.1) is 0 Å². The van der Waals surface area contributed by atoms with E-state index in [1.807, 2.05) is 26.0 Å². The molecule has 2 nitrogen and oxygen atoms in total. The summed E-state index contributed by atoms with van der Waals surface area (Å²) in [5, 5.41) is 0. The second-order valence-electron chi connectivity index (χ2n) is 4.50. The van der Waals surface area contributed by atoms with Crippen molar-refractivity contribution in [1.82, 2.24) is 0 Å². The maximum absolute atomic E-state index is 13.9. The first-order chi connectivity index (χ1) is 8.99. The molecular formula is C16H15FO2. The van der Waals surface area contributed by atoms with E-state index in [1.54, 1.807) is 12.1 Å². The van der Waals surface area contributed by atoms with Crippen LogP contribution in [-0.2, 0) is 0 Å². The van der Waals surface area contributed by atoms with Gasteiger partial charge in [0.1, 0.15) is 5.75 Å². The highest BCUT2D eigenvalue weighted by molar-refractivity contribution is 5.94. The summed E-state index contributed by atoms with van der Waals surface area (Å²) < 4.78 is 19.4. The smallest absolute Gasteiger partial charge is 0.166 e. The lowest BCUT2D eigenvalue weighted by Crippen LogP contribution is -1.96. The number of carbonyl (C=O) groups excluding carboxylic acids is 1. The quantitative estimate of drug-likeness (QED) is 0.761. The van der Waals surface area contributed by atoms with Crippen LogP contribution in [0.5, 0.6) is 11.5 Å². The molecule has 2 aromatic carbocycles. The van der Waals surface area contributed by atoms with Crippen molar-refractivity contribution >= 4 is 5.78 Å². The fourth-order valence-electron chi connectivity index (χ4n) is 1.76. The maximum Gasteiger partial charge on any atom is 0.166 e. The summed E-state index contributed by atoms with van der Waals surface area (Å²) in [5.74, 6) is 0.0407. The molecule has 0 saturated carbocycles. The molecule has 98 valence electrons. The monoisotopic (exact) mass is 258 g/mol. The number of carbonyl (C=O) groups is 1. The van der Waals surface area contributed by atoms with Crippen LogP contribution in [0.4, 0.5) is 4.39 Å². The highest BCUT2D eigenvalue weighted by Gasteiger charge is 2.10. The van der Waals surface area contributed by atoms with Crippen LogP contribution in [-0.4, -0.2) is 5.78 Å². The molecule has 0 spiro atoms. The first kappa shape index (κ1) is 13.3. The van der Waals surface area contributed by atoms with Gasteiger partial charge in [-0.3, -0.25) is 4.79 Å². The average molecular weight is 258 g/mol. The highest BCUT2D eigenvalue weighted by Crippen LogP contribution is 2.29. The first-order valence-corrected chi connectivity index (χ1v) is 6.03. The van der Waals surface area contributed by atoms with Crippen LogP contribution < -0.4 is 4.74 Å². The van der Waals surface area contributed by atoms with E-state index >= 15 is 0 Å². The third kappa shape index (κ3) is 2.81. The summed E-state index contributed by atoms with van der Waals surface area (Å²) >= 11 is 0. The van der Waals surface area contributed by atoms with E-state index in [9.17, 15) is 9.18 Å². The maximum atomic E-state index is 13.9. The van der Waals surface area contributed by atoms with Crippen molar-refractivity contribution in [1.29, 1.82) is 0 Å². The molecule has 0 bridgehead atoms. The molecule has 0 amide bonds. The molecule has 0 fully saturated rings. The molecular weight excluding hydrogens is 243 g/mol. The Labute approximate surface area is 111 Å². The summed E-state index contributed by atoms with van der Waals surface area (Å²) in [6.07, 6.45) is 0. The van der Waals surface area contributed by atoms with Crippen molar-refractivity contribution in [3.8, 4) is 11.5 Å². The van der Waals surface area contributed by atoms with E-state index in [2.05, 4.69) is 0 Å². The van der Waals surface area contributed by atoms with Crippen molar-refractivity contribution in [2.24, 2.45) is 0 Å². The number of benzene rings is 2. The number of hydrogen-bond acceptors (Lipinski definition) is 2. The Morgan fingerprint density at radius 3 is 2.47 bits per heavy atom. The Hall–Kier alpha value is -2.16. The standard InChI is InChI=1S/C16H15FO2/c1-10-5-4-6-15(11(10)2)19-16-8-7-13(12(3)18)9-14(16)17/h4-9H,1-3H3. The topological polar surface area (TPSA) is 26.3 Å². The van der Waals surface area contributed by atoms with E-state index in [1.165, 1.54) is 19.1 Å². The lowest BCUT2D eigenvalue weighted by atomic mass is 10.1. The summed E-state index contributed by atoms with van der Waals surface area (Å²) in [6.45, 7) is 5.30. The Kier molecular flexibility index (Phi) is 3.65. The molecule has 3 heteroatoms. The Morgan fingerprint density at radius 2 is 1.84 bits per heavy atom. The van der Waals surface area contributed by atoms with E-state index in [-0.39, 0.29) is 11.5 Å². The molecule has 0 atom stereocenters. The number of hydrogen-bond donors (Lipinski definition) is 0. The fourth-order valence-corrected chi connectivity index (χ4v) is 1.76. The molecule has 0 aromatic heterocycles. The third-order valence-electron chi connectivity index (χ3n) is 3.11. The lowest BCUT2D eigenvalue weighted by molar-refractivity contribution is 0.101. The summed E-state index contributed by atoms with van der Waals surface area (Å²) in [6, 6.07) is 9.86. The van der Waals surface area contributed by atoms with Gasteiger partial charge in [0.15, 0.2) is 17.3 Å². The van der Waals surface area contributed by atoms with Gasteiger partial charge < -0.3 is 4.74 Å². The molecule has 0 radical (unpaired) electrons. The first-order valence-electron chi connectivity index (χ1n) is 6.03. The minimum Gasteiger partial charge on any atom is -0.454 e. The lowest BCUT2D eigenvalue weighted by Gasteiger charge is -2.11. The number of rotatable bonds is 3. The normalized spacial score (nSPS) is 10.3. The van der Waals surface area contributed by atoms with Crippen LogP contribution in [0.25, 0.3) is 0 Å². The molecule has 0 saturated heterocycles. The molecule has 0 N–H and O–H groups in total. The van der Waals surface area contributed by atoms with Gasteiger partial charge in [-0.25, -0.2) is 4.39 Å². The van der Waals surface area contributed by atoms with Crippen LogP contribution in [0.3, 0.4) is 0 Å². The SMILES string of the molecule is CC(=O)c1ccc(Oc2cccc(C)c2C)c(F)c1. The molecule has 0 aliphatic carbocycles. The van der Waals surface area contributed by atoms with Gasteiger partial charge in [-0.1, -0.05) is 12.1 Å². The zero-order chi connectivity index (χ0) is 14.0. The summed E-state index contributed by atoms with van der Waals surface area (Å²) in [4.78, 5) is 11.2. The molecule has 2 aromatic rings. The van der Waals surface area contributed by atoms with Crippen molar-refractivity contribution in [3.05, 3.63) is 58.9 Å². The number of aryl methyl sites for hydroxylation is 1. The third-order valence-corrected chi connectivity index (χ3v) is 3.11. The van der Waals surface area contributed by atoms with Crippen LogP contribution >= 0.6 is 0 Å². The number of ether oxygens (including phenoxy) is 1. The van der Waals surface area contributed by atoms with Gasteiger partial charge in [0, 0.05) is 5.56 Å². The van der Waals surface area contributed by atoms with E-state index < -0.39 is 5.82 Å². The number of ketones is 1. The summed E-state index contributed by atoms with van der Waals surface area (Å²) in [5.41, 5.74) is 2.39. The highest BCUT2D eigenvalue weighted by atomic mass is 19.1. The zero-order valence-electron chi connectivity index (χ0n) is 11.2. The van der Waals surface area contributed by atoms with E-state index in [4.69, 9.17) is 4.74 Å². The Balaban J connectivity index is 2.34. The molecule has 2 rings (SSSR count). The Bertz CT molecular complexity index is 633. The van der Waals surface area contributed by atoms with E-state index in [0.29, 0.717) is 11.3 Å². The van der Waals surface area contributed by atoms with Crippen molar-refractivity contribution < 1.29 is 13.9 Å². The number of halogens is 1. The average Bonchev–Trinajstić information content (AvgIpc) is 2.37. The second-order valence-corrected chi connectivity index (χ2v) is 4.50. The minimum absolute atomic E-state index is 0.124. The molecule has 0 unspecified atom stereocenters. The minimum atomic E-state index is -0.534. The zero-order valence-corrected chi connectivity index (χ0v) is 11.2. The fraction of sp³-hybridized carbons (Fsp3) is 0.188. The predicted octanol–water partition coefficient (Wildman–Crippen LogP) is 4.44. The molecule has 19 heavy (non-hydrogen) atoms. The van der Waals surface area contributed by atoms with Crippen molar-refractivity contribution in [3.63, 3.8) is 0 Å². The van der Waals surface area contributed by atoms with Gasteiger partial charge in [0.25, 0.3) is 0 Å². The van der Waals surface area contributed by atoms with Crippen LogP contribution in [0, 0.1) is 19.7 Å². The largest absolute Gasteiger partial charge is 0.454 e. The predicted molar refractivity (Wildman–Crippen MR) is 72.4 cm³/mol. The van der Waals surface area contributed by atoms with Crippen molar-refractivity contribution in [2.75, 3.05) is 0 Å². The van der Waals surface area contributed by atoms with E-state index in [0.717, 1.165) is 11.1 Å². The van der Waals surface area contributed by atoms with Gasteiger partial charge in [-0.15, -0.1) is 0 Å². The van der Waals surface area contributed by atoms with Gasteiger partial charge in [-0.2, -0.15) is 0 Å². The van der Waals surface area contributed by atoms with Crippen molar-refractivity contribution in [2.45, 2.75) is 20.8 Å². The van der Waals surface area contributed by atoms with Crippen LogP contribution in [0.1, 0.15) is 28.4 Å². The summed E-state index contributed by atoms with van der Waals surface area (Å²) in [7, 11) is 0. The van der Waals surface area contributed by atoms with Crippen LogP contribution in [0.2, 0.25) is 0 Å². The molecule has 0 aliphatic rings.